The molecule has 1 unspecified atom stereocenters. The third-order valence-electron chi connectivity index (χ3n) is 2.61. The lowest BCUT2D eigenvalue weighted by molar-refractivity contribution is 0.185. The molecule has 0 aromatic rings. The molecule has 0 aromatic carbocycles. The van der Waals surface area contributed by atoms with Gasteiger partial charge in [-0.3, -0.25) is 5.32 Å². The van der Waals surface area contributed by atoms with Gasteiger partial charge >= 0.3 is 0 Å². The number of nitrogens with one attached hydrogen (secondary N) is 1. The number of hydrogen-bond acceptors (Lipinski definition) is 3. The average Bonchev–Trinajstić information content (AvgIpc) is 2.15. The van der Waals surface area contributed by atoms with Gasteiger partial charge in [0, 0.05) is 6.54 Å². The first kappa shape index (κ1) is 10.5. The molecule has 1 aliphatic heterocycles. The van der Waals surface area contributed by atoms with Gasteiger partial charge in [0.2, 0.25) is 0 Å². The third-order valence-corrected chi connectivity index (χ3v) is 2.61. The van der Waals surface area contributed by atoms with E-state index in [-0.39, 0.29) is 5.54 Å². The van der Waals surface area contributed by atoms with Crippen molar-refractivity contribution in [2.75, 3.05) is 26.7 Å². The topological polar surface area (TPSA) is 39.1 Å². The fourth-order valence-corrected chi connectivity index (χ4v) is 1.91. The van der Waals surface area contributed by atoms with Crippen molar-refractivity contribution in [1.29, 1.82) is 5.26 Å². The van der Waals surface area contributed by atoms with Gasteiger partial charge < -0.3 is 4.90 Å². The Labute approximate surface area is 80.7 Å². The van der Waals surface area contributed by atoms with Crippen molar-refractivity contribution < 1.29 is 0 Å². The molecule has 0 bridgehead atoms. The monoisotopic (exact) mass is 181 g/mol. The van der Waals surface area contributed by atoms with E-state index in [4.69, 9.17) is 5.26 Å². The molecule has 3 heteroatoms. The molecule has 1 fully saturated rings. The minimum absolute atomic E-state index is 0.275. The van der Waals surface area contributed by atoms with Crippen LogP contribution in [0.4, 0.5) is 0 Å². The Morgan fingerprint density at radius 1 is 1.62 bits per heavy atom. The van der Waals surface area contributed by atoms with Gasteiger partial charge in [0.1, 0.15) is 5.54 Å². The first-order valence-corrected chi connectivity index (χ1v) is 5.07. The van der Waals surface area contributed by atoms with Crippen LogP contribution in [0.15, 0.2) is 0 Å². The van der Waals surface area contributed by atoms with Crippen molar-refractivity contribution in [3.8, 4) is 6.07 Å². The molecule has 13 heavy (non-hydrogen) atoms. The van der Waals surface area contributed by atoms with Crippen LogP contribution < -0.4 is 5.32 Å². The highest BCUT2D eigenvalue weighted by atomic mass is 15.2. The van der Waals surface area contributed by atoms with Gasteiger partial charge in [0.05, 0.1) is 6.07 Å². The number of nitrogens with zero attached hydrogens (tertiary/aromatic N) is 2. The highest BCUT2D eigenvalue weighted by molar-refractivity contribution is 5.10. The Balaban J connectivity index is 2.53. The Hall–Kier alpha value is -0.590. The van der Waals surface area contributed by atoms with Crippen molar-refractivity contribution in [1.82, 2.24) is 10.2 Å². The number of hydrogen-bond donors (Lipinski definition) is 1. The Bertz CT molecular complexity index is 197. The molecule has 74 valence electrons. The molecule has 1 heterocycles. The van der Waals surface area contributed by atoms with Crippen LogP contribution in [-0.4, -0.2) is 37.1 Å². The lowest BCUT2D eigenvalue weighted by atomic mass is 9.90. The first-order chi connectivity index (χ1) is 6.22. The summed E-state index contributed by atoms with van der Waals surface area (Å²) in [6.45, 7) is 5.06. The molecule has 1 aliphatic rings. The minimum Gasteiger partial charge on any atom is -0.303 e. The maximum absolute atomic E-state index is 9.15. The second-order valence-corrected chi connectivity index (χ2v) is 3.96. The van der Waals surface area contributed by atoms with Crippen LogP contribution in [0.2, 0.25) is 0 Å². The molecule has 1 N–H and O–H groups in total. The van der Waals surface area contributed by atoms with Crippen LogP contribution in [0.5, 0.6) is 0 Å². The van der Waals surface area contributed by atoms with E-state index in [1.807, 2.05) is 0 Å². The van der Waals surface area contributed by atoms with Gasteiger partial charge in [-0.25, -0.2) is 0 Å². The van der Waals surface area contributed by atoms with Gasteiger partial charge in [-0.1, -0.05) is 6.92 Å². The van der Waals surface area contributed by atoms with E-state index in [2.05, 4.69) is 30.3 Å². The zero-order chi connectivity index (χ0) is 9.73. The largest absolute Gasteiger partial charge is 0.303 e. The molecule has 1 atom stereocenters. The molecule has 0 radical (unpaired) electrons. The fourth-order valence-electron chi connectivity index (χ4n) is 1.91. The van der Waals surface area contributed by atoms with Gasteiger partial charge in [0.25, 0.3) is 0 Å². The number of rotatable bonds is 3. The van der Waals surface area contributed by atoms with Crippen molar-refractivity contribution in [3.05, 3.63) is 0 Å². The summed E-state index contributed by atoms with van der Waals surface area (Å²) in [6, 6.07) is 2.43. The van der Waals surface area contributed by atoms with E-state index >= 15 is 0 Å². The quantitative estimate of drug-likeness (QED) is 0.705. The number of likely N-dealkylation sites (N-methyl/N-ethyl adjacent to an activating group) is 1. The molecular weight excluding hydrogens is 162 g/mol. The van der Waals surface area contributed by atoms with Crippen molar-refractivity contribution >= 4 is 0 Å². The number of likely N-dealkylation sites (tertiary alicyclic amines) is 1. The third kappa shape index (κ3) is 2.68. The van der Waals surface area contributed by atoms with Crippen LogP contribution in [0, 0.1) is 11.3 Å². The maximum atomic E-state index is 9.15. The van der Waals surface area contributed by atoms with E-state index in [9.17, 15) is 0 Å². The summed E-state index contributed by atoms with van der Waals surface area (Å²) in [4.78, 5) is 2.23. The standard InChI is InChI=1S/C10H19N3/c1-3-6-12-10(8-11)5-4-7-13(2)9-10/h12H,3-7,9H2,1-2H3. The second kappa shape index (κ2) is 4.59. The van der Waals surface area contributed by atoms with Gasteiger partial charge in [0.15, 0.2) is 0 Å². The summed E-state index contributed by atoms with van der Waals surface area (Å²) in [5.41, 5.74) is -0.275. The molecule has 0 amide bonds. The Morgan fingerprint density at radius 3 is 2.92 bits per heavy atom. The summed E-state index contributed by atoms with van der Waals surface area (Å²) < 4.78 is 0. The van der Waals surface area contributed by atoms with Crippen LogP contribution in [0.25, 0.3) is 0 Å². The predicted molar refractivity (Wildman–Crippen MR) is 53.4 cm³/mol. The molecule has 0 aliphatic carbocycles. The summed E-state index contributed by atoms with van der Waals surface area (Å²) >= 11 is 0. The van der Waals surface area contributed by atoms with Crippen LogP contribution in [-0.2, 0) is 0 Å². The second-order valence-electron chi connectivity index (χ2n) is 3.96. The fraction of sp³-hybridized carbons (Fsp3) is 0.900. The molecule has 1 saturated heterocycles. The Kier molecular flexibility index (Phi) is 3.71. The number of nitriles is 1. The molecular formula is C10H19N3. The van der Waals surface area contributed by atoms with E-state index in [1.165, 1.54) is 0 Å². The highest BCUT2D eigenvalue weighted by Gasteiger charge is 2.33. The van der Waals surface area contributed by atoms with Crippen molar-refractivity contribution in [2.45, 2.75) is 31.7 Å². The summed E-state index contributed by atoms with van der Waals surface area (Å²) in [5.74, 6) is 0. The zero-order valence-electron chi connectivity index (χ0n) is 8.64. The highest BCUT2D eigenvalue weighted by Crippen LogP contribution is 2.19. The lowest BCUT2D eigenvalue weighted by Gasteiger charge is -2.37. The SMILES string of the molecule is CCCNC1(C#N)CCCN(C)C1. The maximum Gasteiger partial charge on any atom is 0.119 e. The van der Waals surface area contributed by atoms with E-state index < -0.39 is 0 Å². The van der Waals surface area contributed by atoms with Crippen molar-refractivity contribution in [3.63, 3.8) is 0 Å². The first-order valence-electron chi connectivity index (χ1n) is 5.07. The van der Waals surface area contributed by atoms with Crippen LogP contribution in [0.1, 0.15) is 26.2 Å². The normalized spacial score (nSPS) is 29.9. The lowest BCUT2D eigenvalue weighted by Crippen LogP contribution is -2.55. The predicted octanol–water partition coefficient (Wildman–Crippen LogP) is 0.974. The minimum atomic E-state index is -0.275. The van der Waals surface area contributed by atoms with Gasteiger partial charge in [-0.05, 0) is 39.4 Å². The van der Waals surface area contributed by atoms with E-state index in [0.29, 0.717) is 0 Å². The molecule has 1 rings (SSSR count). The smallest absolute Gasteiger partial charge is 0.119 e. The number of piperidine rings is 1. The Morgan fingerprint density at radius 2 is 2.38 bits per heavy atom. The van der Waals surface area contributed by atoms with E-state index in [1.54, 1.807) is 0 Å². The molecule has 0 spiro atoms. The van der Waals surface area contributed by atoms with Gasteiger partial charge in [-0.15, -0.1) is 0 Å². The summed E-state index contributed by atoms with van der Waals surface area (Å²) in [5, 5.41) is 12.5. The average molecular weight is 181 g/mol. The van der Waals surface area contributed by atoms with Crippen molar-refractivity contribution in [2.24, 2.45) is 0 Å². The van der Waals surface area contributed by atoms with E-state index in [0.717, 1.165) is 38.9 Å². The van der Waals surface area contributed by atoms with Gasteiger partial charge in [-0.2, -0.15) is 5.26 Å². The van der Waals surface area contributed by atoms with Crippen LogP contribution in [0.3, 0.4) is 0 Å². The zero-order valence-corrected chi connectivity index (χ0v) is 8.64. The summed E-state index contributed by atoms with van der Waals surface area (Å²) in [6.07, 6.45) is 3.21. The molecule has 0 aromatic heterocycles. The molecule has 0 saturated carbocycles. The van der Waals surface area contributed by atoms with Crippen LogP contribution >= 0.6 is 0 Å². The summed E-state index contributed by atoms with van der Waals surface area (Å²) in [7, 11) is 2.08. The molecule has 3 nitrogen and oxygen atoms in total.